The molecular formula is C14H20F2N2O2S. The van der Waals surface area contributed by atoms with Crippen molar-refractivity contribution in [2.75, 3.05) is 24.5 Å². The van der Waals surface area contributed by atoms with Gasteiger partial charge in [-0.1, -0.05) is 19.1 Å². The fraction of sp³-hybridized carbons (Fsp3) is 0.571. The fourth-order valence-corrected chi connectivity index (χ4v) is 3.62. The van der Waals surface area contributed by atoms with E-state index in [1.54, 1.807) is 12.1 Å². The molecule has 1 aliphatic rings. The Morgan fingerprint density at radius 2 is 1.90 bits per heavy atom. The number of alkyl halides is 2. The Balaban J connectivity index is 2.23. The second kappa shape index (κ2) is 6.70. The highest BCUT2D eigenvalue weighted by molar-refractivity contribution is 7.91. The van der Waals surface area contributed by atoms with E-state index in [0.29, 0.717) is 24.8 Å². The molecule has 0 unspecified atom stereocenters. The van der Waals surface area contributed by atoms with Crippen LogP contribution in [0.5, 0.6) is 0 Å². The number of hydrogen-bond donors (Lipinski definition) is 1. The zero-order valence-electron chi connectivity index (χ0n) is 11.9. The van der Waals surface area contributed by atoms with E-state index < -0.39 is 15.6 Å². The van der Waals surface area contributed by atoms with Gasteiger partial charge in [-0.05, 0) is 31.5 Å². The highest BCUT2D eigenvalue weighted by Crippen LogP contribution is 2.30. The zero-order chi connectivity index (χ0) is 15.5. The van der Waals surface area contributed by atoms with E-state index in [0.717, 1.165) is 19.4 Å². The minimum absolute atomic E-state index is 0.276. The molecule has 0 aliphatic carbocycles. The molecule has 0 amide bonds. The van der Waals surface area contributed by atoms with Crippen LogP contribution in [0.25, 0.3) is 0 Å². The average molecular weight is 318 g/mol. The molecule has 1 N–H and O–H groups in total. The summed E-state index contributed by atoms with van der Waals surface area (Å²) in [6, 6.07) is 6.42. The lowest BCUT2D eigenvalue weighted by Gasteiger charge is -2.34. The lowest BCUT2D eigenvalue weighted by molar-refractivity contribution is 0.234. The van der Waals surface area contributed by atoms with Crippen molar-refractivity contribution in [1.29, 1.82) is 0 Å². The van der Waals surface area contributed by atoms with E-state index in [4.69, 9.17) is 0 Å². The first-order chi connectivity index (χ1) is 9.96. The fourth-order valence-electron chi connectivity index (χ4n) is 2.67. The molecular weight excluding hydrogens is 298 g/mol. The standard InChI is InChI=1S/C14H20F2N2O2S/c1-2-17-11-7-9-18(10-8-11)12-5-3-4-6-13(12)21(19,20)14(15)16/h3-6,11,14,17H,2,7-10H2,1H3. The van der Waals surface area contributed by atoms with Crippen LogP contribution < -0.4 is 10.2 Å². The highest BCUT2D eigenvalue weighted by atomic mass is 32.2. The van der Waals surface area contributed by atoms with Gasteiger partial charge < -0.3 is 10.2 Å². The number of nitrogens with zero attached hydrogens (tertiary/aromatic N) is 1. The van der Waals surface area contributed by atoms with Crippen LogP contribution in [0.15, 0.2) is 29.2 Å². The number of piperidine rings is 1. The molecule has 1 aromatic rings. The molecule has 1 heterocycles. The number of hydrogen-bond acceptors (Lipinski definition) is 4. The van der Waals surface area contributed by atoms with E-state index >= 15 is 0 Å². The monoisotopic (exact) mass is 318 g/mol. The zero-order valence-corrected chi connectivity index (χ0v) is 12.7. The molecule has 0 aromatic heterocycles. The van der Waals surface area contributed by atoms with Gasteiger partial charge in [0, 0.05) is 19.1 Å². The summed E-state index contributed by atoms with van der Waals surface area (Å²) >= 11 is 0. The third-order valence-corrected chi connectivity index (χ3v) is 5.16. The number of halogens is 2. The molecule has 0 bridgehead atoms. The van der Waals surface area contributed by atoms with Crippen LogP contribution in [0.2, 0.25) is 0 Å². The Labute approximate surface area is 124 Å². The van der Waals surface area contributed by atoms with Crippen molar-refractivity contribution in [3.05, 3.63) is 24.3 Å². The van der Waals surface area contributed by atoms with Gasteiger partial charge in [0.25, 0.3) is 0 Å². The van der Waals surface area contributed by atoms with E-state index in [9.17, 15) is 17.2 Å². The minimum Gasteiger partial charge on any atom is -0.370 e. The maximum atomic E-state index is 12.8. The van der Waals surface area contributed by atoms with E-state index in [-0.39, 0.29) is 4.90 Å². The predicted molar refractivity (Wildman–Crippen MR) is 78.5 cm³/mol. The molecule has 1 saturated heterocycles. The molecule has 4 nitrogen and oxygen atoms in total. The van der Waals surface area contributed by atoms with Crippen molar-refractivity contribution in [2.24, 2.45) is 0 Å². The van der Waals surface area contributed by atoms with Crippen molar-refractivity contribution in [2.45, 2.75) is 36.5 Å². The number of nitrogens with one attached hydrogen (secondary N) is 1. The van der Waals surface area contributed by atoms with Crippen LogP contribution in [-0.4, -0.2) is 39.9 Å². The molecule has 118 valence electrons. The SMILES string of the molecule is CCNC1CCN(c2ccccc2S(=O)(=O)C(F)F)CC1. The molecule has 0 spiro atoms. The second-order valence-corrected chi connectivity index (χ2v) is 6.98. The molecule has 0 atom stereocenters. The summed E-state index contributed by atoms with van der Waals surface area (Å²) in [6.45, 7) is 4.25. The number of benzene rings is 1. The van der Waals surface area contributed by atoms with Gasteiger partial charge in [-0.2, -0.15) is 8.78 Å². The summed E-state index contributed by atoms with van der Waals surface area (Å²) in [5, 5.41) is 3.35. The summed E-state index contributed by atoms with van der Waals surface area (Å²) in [5.74, 6) is -3.39. The first-order valence-electron chi connectivity index (χ1n) is 7.06. The molecule has 1 fully saturated rings. The average Bonchev–Trinajstić information content (AvgIpc) is 2.48. The van der Waals surface area contributed by atoms with Crippen LogP contribution in [0.1, 0.15) is 19.8 Å². The van der Waals surface area contributed by atoms with Gasteiger partial charge in [0.05, 0.1) is 10.6 Å². The third-order valence-electron chi connectivity index (χ3n) is 3.73. The highest BCUT2D eigenvalue weighted by Gasteiger charge is 2.31. The van der Waals surface area contributed by atoms with E-state index in [1.165, 1.54) is 12.1 Å². The molecule has 1 aromatic carbocycles. The molecule has 7 heteroatoms. The van der Waals surface area contributed by atoms with Crippen LogP contribution in [-0.2, 0) is 9.84 Å². The van der Waals surface area contributed by atoms with Crippen LogP contribution in [0, 0.1) is 0 Å². The summed E-state index contributed by atoms with van der Waals surface area (Å²) in [6.07, 6.45) is 1.74. The molecule has 0 radical (unpaired) electrons. The lowest BCUT2D eigenvalue weighted by atomic mass is 10.0. The maximum Gasteiger partial charge on any atom is 0.341 e. The van der Waals surface area contributed by atoms with Crippen LogP contribution >= 0.6 is 0 Å². The summed E-state index contributed by atoms with van der Waals surface area (Å²) < 4.78 is 49.1. The van der Waals surface area contributed by atoms with Gasteiger partial charge in [0.15, 0.2) is 0 Å². The van der Waals surface area contributed by atoms with Gasteiger partial charge in [-0.15, -0.1) is 0 Å². The van der Waals surface area contributed by atoms with Gasteiger partial charge >= 0.3 is 5.76 Å². The Kier molecular flexibility index (Phi) is 5.16. The summed E-state index contributed by atoms with van der Waals surface area (Å²) in [7, 11) is -4.57. The number of sulfone groups is 1. The van der Waals surface area contributed by atoms with E-state index in [1.807, 2.05) is 11.8 Å². The maximum absolute atomic E-state index is 12.8. The number of anilines is 1. The first kappa shape index (κ1) is 16.2. The van der Waals surface area contributed by atoms with Crippen LogP contribution in [0.4, 0.5) is 14.5 Å². The van der Waals surface area contributed by atoms with Crippen molar-refractivity contribution >= 4 is 15.5 Å². The van der Waals surface area contributed by atoms with Gasteiger partial charge in [-0.25, -0.2) is 8.42 Å². The largest absolute Gasteiger partial charge is 0.370 e. The summed E-state index contributed by atoms with van der Waals surface area (Å²) in [4.78, 5) is 1.60. The Hall–Kier alpha value is -1.21. The van der Waals surface area contributed by atoms with Crippen molar-refractivity contribution < 1.29 is 17.2 Å². The summed E-state index contributed by atoms with van der Waals surface area (Å²) in [5.41, 5.74) is 0.382. The van der Waals surface area contributed by atoms with Gasteiger partial charge in [0.2, 0.25) is 9.84 Å². The van der Waals surface area contributed by atoms with Crippen LogP contribution in [0.3, 0.4) is 0 Å². The Bertz CT molecular complexity index is 570. The topological polar surface area (TPSA) is 49.4 Å². The Morgan fingerprint density at radius 3 is 2.48 bits per heavy atom. The first-order valence-corrected chi connectivity index (χ1v) is 8.61. The van der Waals surface area contributed by atoms with Gasteiger partial charge in [0.1, 0.15) is 0 Å². The molecule has 1 aliphatic heterocycles. The van der Waals surface area contributed by atoms with Crippen molar-refractivity contribution in [1.82, 2.24) is 5.32 Å². The number of para-hydroxylation sites is 1. The van der Waals surface area contributed by atoms with Gasteiger partial charge in [-0.3, -0.25) is 0 Å². The molecule has 2 rings (SSSR count). The second-order valence-electron chi connectivity index (χ2n) is 5.09. The van der Waals surface area contributed by atoms with E-state index in [2.05, 4.69) is 5.32 Å². The smallest absolute Gasteiger partial charge is 0.341 e. The molecule has 0 saturated carbocycles. The Morgan fingerprint density at radius 1 is 1.29 bits per heavy atom. The third kappa shape index (κ3) is 3.52. The minimum atomic E-state index is -4.57. The lowest BCUT2D eigenvalue weighted by Crippen LogP contribution is -2.42. The van der Waals surface area contributed by atoms with Crippen molar-refractivity contribution in [3.8, 4) is 0 Å². The quantitative estimate of drug-likeness (QED) is 0.905. The predicted octanol–water partition coefficient (Wildman–Crippen LogP) is 2.26. The number of rotatable bonds is 5. The molecule has 21 heavy (non-hydrogen) atoms. The normalized spacial score (nSPS) is 17.4. The van der Waals surface area contributed by atoms with Crippen molar-refractivity contribution in [3.63, 3.8) is 0 Å².